The van der Waals surface area contributed by atoms with Crippen molar-refractivity contribution in [1.29, 1.82) is 0 Å². The lowest BCUT2D eigenvalue weighted by atomic mass is 9.94. The molecule has 0 heterocycles. The second kappa shape index (κ2) is 6.23. The van der Waals surface area contributed by atoms with Gasteiger partial charge in [-0.15, -0.1) is 0 Å². The fourth-order valence-electron chi connectivity index (χ4n) is 3.17. The van der Waals surface area contributed by atoms with Gasteiger partial charge in [-0.1, -0.05) is 48.0 Å². The van der Waals surface area contributed by atoms with Crippen molar-refractivity contribution in [3.63, 3.8) is 0 Å². The van der Waals surface area contributed by atoms with E-state index in [0.717, 1.165) is 0 Å². The van der Waals surface area contributed by atoms with E-state index in [0.29, 0.717) is 12.1 Å². The third-order valence-corrected chi connectivity index (χ3v) is 3.97. The number of hydrogen-bond acceptors (Lipinski definition) is 1. The summed E-state index contributed by atoms with van der Waals surface area (Å²) in [7, 11) is 0. The average molecular weight is 267 g/mol. The second-order valence-corrected chi connectivity index (χ2v) is 5.83. The van der Waals surface area contributed by atoms with Crippen LogP contribution in [0.4, 0.5) is 0 Å². The zero-order chi connectivity index (χ0) is 14.7. The molecule has 2 aromatic carbocycles. The first-order chi connectivity index (χ1) is 9.49. The Labute approximate surface area is 123 Å². The van der Waals surface area contributed by atoms with Gasteiger partial charge in [-0.3, -0.25) is 0 Å². The van der Waals surface area contributed by atoms with Crippen molar-refractivity contribution in [2.45, 2.75) is 46.7 Å². The van der Waals surface area contributed by atoms with Crippen LogP contribution >= 0.6 is 0 Å². The third-order valence-electron chi connectivity index (χ3n) is 3.97. The quantitative estimate of drug-likeness (QED) is 0.819. The Balaban J connectivity index is 2.19. The number of hydrogen-bond donors (Lipinski definition) is 1. The molecule has 0 bridgehead atoms. The molecule has 2 atom stereocenters. The van der Waals surface area contributed by atoms with E-state index in [9.17, 15) is 0 Å². The SMILES string of the molecule is Cc1cc(C)c(C(C)N[C@@H](C)c2ccccc2)c(C)c1. The summed E-state index contributed by atoms with van der Waals surface area (Å²) in [6, 6.07) is 15.9. The van der Waals surface area contributed by atoms with Gasteiger partial charge in [0.2, 0.25) is 0 Å². The Morgan fingerprint density at radius 3 is 1.90 bits per heavy atom. The Morgan fingerprint density at radius 2 is 1.35 bits per heavy atom. The zero-order valence-electron chi connectivity index (χ0n) is 13.2. The van der Waals surface area contributed by atoms with Crippen molar-refractivity contribution >= 4 is 0 Å². The smallest absolute Gasteiger partial charge is 0.0302 e. The van der Waals surface area contributed by atoms with Gasteiger partial charge in [0.25, 0.3) is 0 Å². The summed E-state index contributed by atoms with van der Waals surface area (Å²) in [5.41, 5.74) is 6.86. The largest absolute Gasteiger partial charge is 0.304 e. The molecule has 20 heavy (non-hydrogen) atoms. The molecule has 106 valence electrons. The van der Waals surface area contributed by atoms with Gasteiger partial charge in [0.05, 0.1) is 0 Å². The Morgan fingerprint density at radius 1 is 0.800 bits per heavy atom. The Bertz CT molecular complexity index is 549. The van der Waals surface area contributed by atoms with Crippen LogP contribution in [-0.2, 0) is 0 Å². The van der Waals surface area contributed by atoms with Crippen LogP contribution in [0.25, 0.3) is 0 Å². The van der Waals surface area contributed by atoms with Gasteiger partial charge in [0, 0.05) is 12.1 Å². The van der Waals surface area contributed by atoms with Gasteiger partial charge in [0.15, 0.2) is 0 Å². The first-order valence-electron chi connectivity index (χ1n) is 7.37. The molecule has 1 nitrogen and oxygen atoms in total. The monoisotopic (exact) mass is 267 g/mol. The maximum absolute atomic E-state index is 3.71. The van der Waals surface area contributed by atoms with Crippen LogP contribution in [0.15, 0.2) is 42.5 Å². The van der Waals surface area contributed by atoms with Crippen molar-refractivity contribution in [1.82, 2.24) is 5.32 Å². The fraction of sp³-hybridized carbons (Fsp3) is 0.368. The van der Waals surface area contributed by atoms with E-state index in [2.05, 4.69) is 82.4 Å². The Kier molecular flexibility index (Phi) is 4.61. The fourth-order valence-corrected chi connectivity index (χ4v) is 3.17. The van der Waals surface area contributed by atoms with Crippen LogP contribution in [0.2, 0.25) is 0 Å². The average Bonchev–Trinajstić information content (AvgIpc) is 2.38. The van der Waals surface area contributed by atoms with Gasteiger partial charge in [-0.25, -0.2) is 0 Å². The maximum Gasteiger partial charge on any atom is 0.0302 e. The molecule has 2 aromatic rings. The molecule has 0 saturated heterocycles. The second-order valence-electron chi connectivity index (χ2n) is 5.83. The van der Waals surface area contributed by atoms with Crippen molar-refractivity contribution in [2.24, 2.45) is 0 Å². The number of rotatable bonds is 4. The molecular formula is C19H25N. The lowest BCUT2D eigenvalue weighted by molar-refractivity contribution is 0.491. The van der Waals surface area contributed by atoms with Crippen LogP contribution < -0.4 is 5.32 Å². The first kappa shape index (κ1) is 14.8. The number of aryl methyl sites for hydroxylation is 3. The molecule has 0 aromatic heterocycles. The summed E-state index contributed by atoms with van der Waals surface area (Å²) in [6.07, 6.45) is 0. The van der Waals surface area contributed by atoms with E-state index in [1.807, 2.05) is 0 Å². The highest BCUT2D eigenvalue weighted by Crippen LogP contribution is 2.25. The molecule has 0 radical (unpaired) electrons. The van der Waals surface area contributed by atoms with Gasteiger partial charge < -0.3 is 5.32 Å². The summed E-state index contributed by atoms with van der Waals surface area (Å²) < 4.78 is 0. The summed E-state index contributed by atoms with van der Waals surface area (Å²) in [4.78, 5) is 0. The minimum atomic E-state index is 0.353. The van der Waals surface area contributed by atoms with Crippen LogP contribution in [0.3, 0.4) is 0 Å². The van der Waals surface area contributed by atoms with Crippen LogP contribution in [0, 0.1) is 20.8 Å². The molecular weight excluding hydrogens is 242 g/mol. The lowest BCUT2D eigenvalue weighted by Crippen LogP contribution is -2.23. The van der Waals surface area contributed by atoms with Crippen molar-refractivity contribution in [3.05, 3.63) is 70.3 Å². The van der Waals surface area contributed by atoms with Crippen LogP contribution in [0.5, 0.6) is 0 Å². The highest BCUT2D eigenvalue weighted by Gasteiger charge is 2.15. The summed E-state index contributed by atoms with van der Waals surface area (Å²) in [6.45, 7) is 11.1. The molecule has 1 unspecified atom stereocenters. The summed E-state index contributed by atoms with van der Waals surface area (Å²) in [5.74, 6) is 0. The number of benzene rings is 2. The Hall–Kier alpha value is -1.60. The molecule has 0 aliphatic rings. The van der Waals surface area contributed by atoms with Gasteiger partial charge in [-0.05, 0) is 56.9 Å². The predicted molar refractivity (Wildman–Crippen MR) is 87.1 cm³/mol. The molecule has 1 N–H and O–H groups in total. The standard InChI is InChI=1S/C19H25N/c1-13-11-14(2)19(15(3)12-13)17(5)20-16(4)18-9-7-6-8-10-18/h6-12,16-17,20H,1-5H3/t16-,17?/m0/s1. The van der Waals surface area contributed by atoms with E-state index in [4.69, 9.17) is 0 Å². The van der Waals surface area contributed by atoms with Gasteiger partial charge in [-0.2, -0.15) is 0 Å². The zero-order valence-corrected chi connectivity index (χ0v) is 13.2. The highest BCUT2D eigenvalue weighted by molar-refractivity contribution is 5.39. The molecule has 1 heteroatoms. The summed E-state index contributed by atoms with van der Waals surface area (Å²) in [5, 5.41) is 3.71. The molecule has 0 fully saturated rings. The molecule has 0 spiro atoms. The molecule has 0 amide bonds. The molecule has 2 rings (SSSR count). The van der Waals surface area contributed by atoms with Gasteiger partial charge >= 0.3 is 0 Å². The number of nitrogens with one attached hydrogen (secondary N) is 1. The predicted octanol–water partition coefficient (Wildman–Crippen LogP) is 5.02. The molecule has 0 aliphatic carbocycles. The van der Waals surface area contributed by atoms with Crippen LogP contribution in [-0.4, -0.2) is 0 Å². The minimum absolute atomic E-state index is 0.353. The van der Waals surface area contributed by atoms with Crippen molar-refractivity contribution in [2.75, 3.05) is 0 Å². The maximum atomic E-state index is 3.71. The molecule has 0 aliphatic heterocycles. The third kappa shape index (κ3) is 3.29. The van der Waals surface area contributed by atoms with E-state index < -0.39 is 0 Å². The van der Waals surface area contributed by atoms with E-state index >= 15 is 0 Å². The summed E-state index contributed by atoms with van der Waals surface area (Å²) >= 11 is 0. The van der Waals surface area contributed by atoms with Crippen LogP contribution in [0.1, 0.15) is 53.7 Å². The lowest BCUT2D eigenvalue weighted by Gasteiger charge is -2.24. The highest BCUT2D eigenvalue weighted by atomic mass is 14.9. The van der Waals surface area contributed by atoms with E-state index in [1.54, 1.807) is 0 Å². The van der Waals surface area contributed by atoms with E-state index in [-0.39, 0.29) is 0 Å². The van der Waals surface area contributed by atoms with Gasteiger partial charge in [0.1, 0.15) is 0 Å². The van der Waals surface area contributed by atoms with Crippen molar-refractivity contribution in [3.8, 4) is 0 Å². The van der Waals surface area contributed by atoms with E-state index in [1.165, 1.54) is 27.8 Å². The normalized spacial score (nSPS) is 14.1. The van der Waals surface area contributed by atoms with Crippen molar-refractivity contribution < 1.29 is 0 Å². The topological polar surface area (TPSA) is 12.0 Å². The first-order valence-corrected chi connectivity index (χ1v) is 7.37. The molecule has 0 saturated carbocycles. The minimum Gasteiger partial charge on any atom is -0.304 e.